The fraction of sp³-hybridized carbons (Fsp3) is 0.231. The van der Waals surface area contributed by atoms with Crippen LogP contribution in [0.15, 0.2) is 40.3 Å². The van der Waals surface area contributed by atoms with Gasteiger partial charge >= 0.3 is 0 Å². The lowest BCUT2D eigenvalue weighted by atomic mass is 9.96. The third-order valence-electron chi connectivity index (χ3n) is 3.20. The Balaban J connectivity index is 2.10. The highest BCUT2D eigenvalue weighted by atomic mass is 32.2. The van der Waals surface area contributed by atoms with Crippen LogP contribution in [0.5, 0.6) is 0 Å². The molecule has 0 fully saturated rings. The van der Waals surface area contributed by atoms with Gasteiger partial charge in [0, 0.05) is 11.6 Å². The van der Waals surface area contributed by atoms with E-state index >= 15 is 0 Å². The number of aliphatic imine (C=N–C) groups is 2. The monoisotopic (exact) mass is 294 g/mol. The third kappa shape index (κ3) is 2.07. The molecule has 104 valence electrons. The van der Waals surface area contributed by atoms with Crippen LogP contribution < -0.4 is 11.1 Å². The Kier molecular flexibility index (Phi) is 3.19. The zero-order valence-electron chi connectivity index (χ0n) is 10.6. The molecule has 2 aliphatic heterocycles. The maximum Gasteiger partial charge on any atom is 0.159 e. The standard InChI is InChI=1S/C13H12F2N4S/c1-17-13(8-3-2-7(14)6-9(8)15)5-4-10-11(19-13)20-12(16)18-10/h2-6,12,17H,16H2,1H3. The maximum absolute atomic E-state index is 14.0. The van der Waals surface area contributed by atoms with Crippen LogP contribution >= 0.6 is 11.8 Å². The molecule has 3 N–H and O–H groups in total. The summed E-state index contributed by atoms with van der Waals surface area (Å²) in [4.78, 5) is 8.71. The number of benzene rings is 1. The van der Waals surface area contributed by atoms with Crippen LogP contribution in [-0.2, 0) is 5.66 Å². The topological polar surface area (TPSA) is 62.8 Å². The highest BCUT2D eigenvalue weighted by Gasteiger charge is 2.36. The van der Waals surface area contributed by atoms with Crippen molar-refractivity contribution in [2.45, 2.75) is 11.2 Å². The Labute approximate surface area is 118 Å². The first-order chi connectivity index (χ1) is 9.54. The average Bonchev–Trinajstić information content (AvgIpc) is 2.77. The van der Waals surface area contributed by atoms with Crippen molar-refractivity contribution in [1.82, 2.24) is 5.32 Å². The summed E-state index contributed by atoms with van der Waals surface area (Å²) in [6.45, 7) is 0. The largest absolute Gasteiger partial charge is 0.301 e. The zero-order valence-corrected chi connectivity index (χ0v) is 11.4. The summed E-state index contributed by atoms with van der Waals surface area (Å²) < 4.78 is 27.1. The van der Waals surface area contributed by atoms with Gasteiger partial charge in [0.1, 0.15) is 16.7 Å². The molecule has 2 atom stereocenters. The van der Waals surface area contributed by atoms with E-state index in [2.05, 4.69) is 15.3 Å². The number of hydrogen-bond acceptors (Lipinski definition) is 5. The third-order valence-corrected chi connectivity index (χ3v) is 4.07. The summed E-state index contributed by atoms with van der Waals surface area (Å²) in [7, 11) is 1.67. The molecule has 0 aromatic heterocycles. The number of rotatable bonds is 2. The molecule has 0 radical (unpaired) electrons. The average molecular weight is 294 g/mol. The van der Waals surface area contributed by atoms with Crippen LogP contribution in [0.1, 0.15) is 5.56 Å². The highest BCUT2D eigenvalue weighted by Crippen LogP contribution is 2.34. The van der Waals surface area contributed by atoms with E-state index in [0.717, 1.165) is 6.07 Å². The summed E-state index contributed by atoms with van der Waals surface area (Å²) in [6.07, 6.45) is 3.45. The normalized spacial score (nSPS) is 28.1. The predicted molar refractivity (Wildman–Crippen MR) is 76.7 cm³/mol. The van der Waals surface area contributed by atoms with Gasteiger partial charge in [-0.15, -0.1) is 0 Å². The van der Waals surface area contributed by atoms with Crippen molar-refractivity contribution in [1.29, 1.82) is 0 Å². The van der Waals surface area contributed by atoms with Gasteiger partial charge in [-0.1, -0.05) is 11.8 Å². The molecule has 1 aromatic rings. The number of fused-ring (bicyclic) bond motifs is 1. The Hall–Kier alpha value is -1.57. The van der Waals surface area contributed by atoms with Crippen molar-refractivity contribution in [2.24, 2.45) is 15.7 Å². The first-order valence-electron chi connectivity index (χ1n) is 5.98. The number of thioether (sulfide) groups is 1. The van der Waals surface area contributed by atoms with E-state index in [1.54, 1.807) is 19.2 Å². The Morgan fingerprint density at radius 2 is 2.20 bits per heavy atom. The maximum atomic E-state index is 14.0. The molecule has 2 heterocycles. The molecular formula is C13H12F2N4S. The fourth-order valence-corrected chi connectivity index (χ4v) is 3.04. The van der Waals surface area contributed by atoms with Gasteiger partial charge in [0.25, 0.3) is 0 Å². The van der Waals surface area contributed by atoms with Crippen LogP contribution in [0.3, 0.4) is 0 Å². The van der Waals surface area contributed by atoms with Crippen LogP contribution in [0.25, 0.3) is 0 Å². The number of dihydropyridines is 1. The van der Waals surface area contributed by atoms with Crippen LogP contribution in [-0.4, -0.2) is 23.3 Å². The van der Waals surface area contributed by atoms with Crippen molar-refractivity contribution in [3.63, 3.8) is 0 Å². The van der Waals surface area contributed by atoms with Crippen molar-refractivity contribution < 1.29 is 8.78 Å². The van der Waals surface area contributed by atoms with E-state index in [1.165, 1.54) is 23.9 Å². The first kappa shape index (κ1) is 13.4. The lowest BCUT2D eigenvalue weighted by molar-refractivity contribution is 0.446. The second kappa shape index (κ2) is 4.76. The van der Waals surface area contributed by atoms with E-state index < -0.39 is 17.3 Å². The Bertz CT molecular complexity index is 656. The number of nitrogens with one attached hydrogen (secondary N) is 1. The molecule has 0 bridgehead atoms. The Morgan fingerprint density at radius 1 is 1.40 bits per heavy atom. The number of nitrogens with two attached hydrogens (primary N) is 1. The highest BCUT2D eigenvalue weighted by molar-refractivity contribution is 8.16. The fourth-order valence-electron chi connectivity index (χ4n) is 2.21. The molecule has 3 rings (SSSR count). The van der Waals surface area contributed by atoms with E-state index in [9.17, 15) is 8.78 Å². The summed E-state index contributed by atoms with van der Waals surface area (Å²) in [6, 6.07) is 3.44. The van der Waals surface area contributed by atoms with Gasteiger partial charge in [-0.05, 0) is 31.3 Å². The van der Waals surface area contributed by atoms with Crippen LogP contribution in [0.2, 0.25) is 0 Å². The lowest BCUT2D eigenvalue weighted by Gasteiger charge is -2.29. The first-order valence-corrected chi connectivity index (χ1v) is 6.86. The van der Waals surface area contributed by atoms with E-state index in [0.29, 0.717) is 10.8 Å². The van der Waals surface area contributed by atoms with Crippen LogP contribution in [0, 0.1) is 11.6 Å². The molecule has 2 unspecified atom stereocenters. The second-order valence-electron chi connectivity index (χ2n) is 4.41. The van der Waals surface area contributed by atoms with Gasteiger partial charge in [-0.2, -0.15) is 0 Å². The van der Waals surface area contributed by atoms with Gasteiger partial charge < -0.3 is 5.73 Å². The molecule has 0 aliphatic carbocycles. The molecule has 0 amide bonds. The molecule has 7 heteroatoms. The number of likely N-dealkylation sites (N-methyl/N-ethyl adjacent to an activating group) is 1. The number of hydrogen-bond donors (Lipinski definition) is 2. The SMILES string of the molecule is CNC1(c2ccc(F)cc2F)C=CC2=NC(N)SC2=N1. The molecule has 20 heavy (non-hydrogen) atoms. The number of halogens is 2. The summed E-state index contributed by atoms with van der Waals surface area (Å²) >= 11 is 1.31. The van der Waals surface area contributed by atoms with Crippen molar-refractivity contribution in [3.8, 4) is 0 Å². The summed E-state index contributed by atoms with van der Waals surface area (Å²) in [5.74, 6) is -1.27. The van der Waals surface area contributed by atoms with Gasteiger partial charge in [-0.3, -0.25) is 10.3 Å². The van der Waals surface area contributed by atoms with E-state index in [-0.39, 0.29) is 11.1 Å². The van der Waals surface area contributed by atoms with Crippen molar-refractivity contribution in [3.05, 3.63) is 47.5 Å². The van der Waals surface area contributed by atoms with Gasteiger partial charge in [0.15, 0.2) is 11.2 Å². The second-order valence-corrected chi connectivity index (χ2v) is 5.52. The molecule has 4 nitrogen and oxygen atoms in total. The van der Waals surface area contributed by atoms with E-state index in [1.807, 2.05) is 0 Å². The molecule has 0 spiro atoms. The minimum atomic E-state index is -1.07. The van der Waals surface area contributed by atoms with Crippen molar-refractivity contribution in [2.75, 3.05) is 7.05 Å². The van der Waals surface area contributed by atoms with Gasteiger partial charge in [0.2, 0.25) is 0 Å². The molecule has 0 saturated carbocycles. The smallest absolute Gasteiger partial charge is 0.159 e. The van der Waals surface area contributed by atoms with Crippen LogP contribution in [0.4, 0.5) is 8.78 Å². The number of allylic oxidation sites excluding steroid dienone is 1. The van der Waals surface area contributed by atoms with E-state index in [4.69, 9.17) is 5.73 Å². The Morgan fingerprint density at radius 3 is 2.90 bits per heavy atom. The minimum Gasteiger partial charge on any atom is -0.301 e. The van der Waals surface area contributed by atoms with Gasteiger partial charge in [-0.25, -0.2) is 13.8 Å². The summed E-state index contributed by atoms with van der Waals surface area (Å²) in [5, 5.41) is 3.63. The minimum absolute atomic E-state index is 0.255. The molecular weight excluding hydrogens is 282 g/mol. The quantitative estimate of drug-likeness (QED) is 0.873. The summed E-state index contributed by atoms with van der Waals surface area (Å²) in [5.41, 5.74) is 5.22. The zero-order chi connectivity index (χ0) is 14.3. The number of nitrogens with zero attached hydrogens (tertiary/aromatic N) is 2. The molecule has 1 aromatic carbocycles. The van der Waals surface area contributed by atoms with Gasteiger partial charge in [0.05, 0.1) is 5.71 Å². The molecule has 0 saturated heterocycles. The molecule has 2 aliphatic rings. The predicted octanol–water partition coefficient (Wildman–Crippen LogP) is 1.74. The van der Waals surface area contributed by atoms with Crippen molar-refractivity contribution >= 4 is 22.5 Å². The lowest BCUT2D eigenvalue weighted by Crippen LogP contribution is -2.40.